The van der Waals surface area contributed by atoms with E-state index in [1.54, 1.807) is 18.2 Å². The number of fused-ring (bicyclic) bond motifs is 1. The SMILES string of the molecule is CC(=O)NCCC(O)C(O)c1ccc2c(c1)NC(=O)CO2. The van der Waals surface area contributed by atoms with Crippen LogP contribution in [0.3, 0.4) is 0 Å². The first-order valence-electron chi connectivity index (χ1n) is 6.64. The van der Waals surface area contributed by atoms with Gasteiger partial charge < -0.3 is 25.6 Å². The van der Waals surface area contributed by atoms with Gasteiger partial charge in [-0.2, -0.15) is 0 Å². The van der Waals surface area contributed by atoms with Crippen LogP contribution in [0.5, 0.6) is 5.75 Å². The number of anilines is 1. The Morgan fingerprint density at radius 1 is 1.48 bits per heavy atom. The largest absolute Gasteiger partial charge is 0.482 e. The van der Waals surface area contributed by atoms with Crippen LogP contribution >= 0.6 is 0 Å². The Labute approximate surface area is 121 Å². The zero-order valence-corrected chi connectivity index (χ0v) is 11.6. The first-order chi connectivity index (χ1) is 9.97. The molecule has 0 spiro atoms. The minimum absolute atomic E-state index is 0.0335. The van der Waals surface area contributed by atoms with E-state index in [1.165, 1.54) is 6.92 Å². The lowest BCUT2D eigenvalue weighted by Gasteiger charge is -2.22. The Morgan fingerprint density at radius 2 is 2.24 bits per heavy atom. The Kier molecular flexibility index (Phi) is 4.77. The van der Waals surface area contributed by atoms with Crippen molar-refractivity contribution >= 4 is 17.5 Å². The third-order valence-electron chi connectivity index (χ3n) is 3.16. The molecule has 2 atom stereocenters. The van der Waals surface area contributed by atoms with Crippen molar-refractivity contribution < 1.29 is 24.5 Å². The predicted octanol–water partition coefficient (Wildman–Crippen LogP) is -0.0620. The number of amides is 2. The molecule has 21 heavy (non-hydrogen) atoms. The molecule has 114 valence electrons. The summed E-state index contributed by atoms with van der Waals surface area (Å²) in [6.45, 7) is 1.63. The average Bonchev–Trinajstić information content (AvgIpc) is 2.45. The number of ether oxygens (including phenoxy) is 1. The van der Waals surface area contributed by atoms with Crippen LogP contribution in [-0.4, -0.2) is 41.3 Å². The summed E-state index contributed by atoms with van der Waals surface area (Å²) in [5, 5.41) is 25.2. The van der Waals surface area contributed by atoms with Crippen LogP contribution in [0, 0.1) is 0 Å². The van der Waals surface area contributed by atoms with Crippen molar-refractivity contribution in [2.75, 3.05) is 18.5 Å². The second kappa shape index (κ2) is 6.55. The highest BCUT2D eigenvalue weighted by atomic mass is 16.5. The summed E-state index contributed by atoms with van der Waals surface area (Å²) in [6.07, 6.45) is -1.90. The third kappa shape index (κ3) is 3.93. The van der Waals surface area contributed by atoms with Crippen LogP contribution in [0.2, 0.25) is 0 Å². The van der Waals surface area contributed by atoms with Crippen LogP contribution in [0.4, 0.5) is 5.69 Å². The number of hydrogen-bond acceptors (Lipinski definition) is 5. The Hall–Kier alpha value is -2.12. The number of benzene rings is 1. The molecule has 0 bridgehead atoms. The fourth-order valence-electron chi connectivity index (χ4n) is 2.06. The second-order valence-corrected chi connectivity index (χ2v) is 4.88. The van der Waals surface area contributed by atoms with Crippen molar-refractivity contribution in [2.24, 2.45) is 0 Å². The number of carbonyl (C=O) groups excluding carboxylic acids is 2. The molecule has 7 heteroatoms. The summed E-state index contributed by atoms with van der Waals surface area (Å²) in [5.74, 6) is 0.0731. The normalized spacial score (nSPS) is 16.2. The van der Waals surface area contributed by atoms with Gasteiger partial charge in [-0.1, -0.05) is 6.07 Å². The van der Waals surface area contributed by atoms with Crippen molar-refractivity contribution in [1.82, 2.24) is 5.32 Å². The lowest BCUT2D eigenvalue weighted by Crippen LogP contribution is -2.28. The summed E-state index contributed by atoms with van der Waals surface area (Å²) < 4.78 is 5.22. The van der Waals surface area contributed by atoms with Crippen molar-refractivity contribution in [1.29, 1.82) is 0 Å². The molecule has 7 nitrogen and oxygen atoms in total. The summed E-state index contributed by atoms with van der Waals surface area (Å²) in [7, 11) is 0. The summed E-state index contributed by atoms with van der Waals surface area (Å²) in [4.78, 5) is 22.0. The molecular weight excluding hydrogens is 276 g/mol. The monoisotopic (exact) mass is 294 g/mol. The molecule has 0 aliphatic carbocycles. The highest BCUT2D eigenvalue weighted by Gasteiger charge is 2.22. The molecule has 0 aromatic heterocycles. The lowest BCUT2D eigenvalue weighted by atomic mass is 10.0. The summed E-state index contributed by atoms with van der Waals surface area (Å²) in [6, 6.07) is 4.83. The molecule has 0 radical (unpaired) electrons. The van der Waals surface area contributed by atoms with E-state index in [4.69, 9.17) is 4.74 Å². The molecule has 1 aliphatic rings. The van der Waals surface area contributed by atoms with Crippen molar-refractivity contribution in [3.05, 3.63) is 23.8 Å². The van der Waals surface area contributed by atoms with E-state index in [0.29, 0.717) is 17.0 Å². The lowest BCUT2D eigenvalue weighted by molar-refractivity contribution is -0.119. The van der Waals surface area contributed by atoms with Crippen LogP contribution in [-0.2, 0) is 9.59 Å². The predicted molar refractivity (Wildman–Crippen MR) is 74.8 cm³/mol. The topological polar surface area (TPSA) is 108 Å². The molecule has 2 amide bonds. The number of hydrogen-bond donors (Lipinski definition) is 4. The molecule has 1 aromatic rings. The first-order valence-corrected chi connectivity index (χ1v) is 6.64. The number of nitrogens with one attached hydrogen (secondary N) is 2. The smallest absolute Gasteiger partial charge is 0.262 e. The molecule has 0 fully saturated rings. The Bertz CT molecular complexity index is 546. The number of rotatable bonds is 5. The van der Waals surface area contributed by atoms with Gasteiger partial charge >= 0.3 is 0 Å². The molecule has 0 saturated carbocycles. The maximum atomic E-state index is 11.3. The van der Waals surface area contributed by atoms with Gasteiger partial charge in [0.05, 0.1) is 11.8 Å². The van der Waals surface area contributed by atoms with Crippen LogP contribution in [0.15, 0.2) is 18.2 Å². The minimum atomic E-state index is -1.11. The molecule has 2 rings (SSSR count). The van der Waals surface area contributed by atoms with Crippen molar-refractivity contribution in [3.63, 3.8) is 0 Å². The maximum Gasteiger partial charge on any atom is 0.262 e. The highest BCUT2D eigenvalue weighted by molar-refractivity contribution is 5.95. The molecule has 2 unspecified atom stereocenters. The summed E-state index contributed by atoms with van der Waals surface area (Å²) >= 11 is 0. The molecular formula is C14H18N2O5. The molecule has 0 saturated heterocycles. The number of carbonyl (C=O) groups is 2. The van der Waals surface area contributed by atoms with Crippen LogP contribution in [0.1, 0.15) is 25.0 Å². The molecule has 1 aromatic carbocycles. The van der Waals surface area contributed by atoms with Gasteiger partial charge in [0.1, 0.15) is 11.9 Å². The standard InChI is InChI=1S/C14H18N2O5/c1-8(17)15-5-4-11(18)14(20)9-2-3-12-10(6-9)16-13(19)7-21-12/h2-3,6,11,14,18,20H,4-5,7H2,1H3,(H,15,17)(H,16,19). The van der Waals surface area contributed by atoms with Gasteiger partial charge in [-0.15, -0.1) is 0 Å². The van der Waals surface area contributed by atoms with Gasteiger partial charge in [0, 0.05) is 13.5 Å². The van der Waals surface area contributed by atoms with Gasteiger partial charge in [0.15, 0.2) is 6.61 Å². The van der Waals surface area contributed by atoms with Crippen molar-refractivity contribution in [2.45, 2.75) is 25.6 Å². The van der Waals surface area contributed by atoms with E-state index in [-0.39, 0.29) is 31.4 Å². The fourth-order valence-corrected chi connectivity index (χ4v) is 2.06. The molecule has 4 N–H and O–H groups in total. The van der Waals surface area contributed by atoms with E-state index >= 15 is 0 Å². The maximum absolute atomic E-state index is 11.3. The van der Waals surface area contributed by atoms with E-state index < -0.39 is 12.2 Å². The van der Waals surface area contributed by atoms with Gasteiger partial charge in [-0.05, 0) is 24.1 Å². The van der Waals surface area contributed by atoms with E-state index in [2.05, 4.69) is 10.6 Å². The Morgan fingerprint density at radius 3 is 2.95 bits per heavy atom. The zero-order chi connectivity index (χ0) is 15.4. The highest BCUT2D eigenvalue weighted by Crippen LogP contribution is 2.31. The van der Waals surface area contributed by atoms with Crippen molar-refractivity contribution in [3.8, 4) is 5.75 Å². The number of aliphatic hydroxyl groups is 2. The Balaban J connectivity index is 2.02. The number of aliphatic hydroxyl groups excluding tert-OH is 2. The van der Waals surface area contributed by atoms with Gasteiger partial charge in [-0.3, -0.25) is 9.59 Å². The average molecular weight is 294 g/mol. The van der Waals surface area contributed by atoms with Gasteiger partial charge in [0.25, 0.3) is 5.91 Å². The fraction of sp³-hybridized carbons (Fsp3) is 0.429. The van der Waals surface area contributed by atoms with E-state index in [9.17, 15) is 19.8 Å². The summed E-state index contributed by atoms with van der Waals surface area (Å²) in [5.41, 5.74) is 0.937. The first kappa shape index (κ1) is 15.3. The van der Waals surface area contributed by atoms with E-state index in [1.807, 2.05) is 0 Å². The quantitative estimate of drug-likeness (QED) is 0.608. The third-order valence-corrected chi connectivity index (χ3v) is 3.16. The minimum Gasteiger partial charge on any atom is -0.482 e. The van der Waals surface area contributed by atoms with Gasteiger partial charge in [0.2, 0.25) is 5.91 Å². The van der Waals surface area contributed by atoms with E-state index in [0.717, 1.165) is 0 Å². The zero-order valence-electron chi connectivity index (χ0n) is 11.6. The second-order valence-electron chi connectivity index (χ2n) is 4.88. The van der Waals surface area contributed by atoms with Gasteiger partial charge in [-0.25, -0.2) is 0 Å². The molecule has 1 heterocycles. The molecule has 1 aliphatic heterocycles. The van der Waals surface area contributed by atoms with Crippen LogP contribution in [0.25, 0.3) is 0 Å². The van der Waals surface area contributed by atoms with Crippen LogP contribution < -0.4 is 15.4 Å².